The number of hydrogen-bond acceptors (Lipinski definition) is 3. The number of nitrogens with zero attached hydrogens (tertiary/aromatic N) is 3. The van der Waals surface area contributed by atoms with Crippen LogP contribution in [0.3, 0.4) is 0 Å². The maximum Gasteiger partial charge on any atom is 0.0764 e. The maximum atomic E-state index is 5.84. The third-order valence-corrected chi connectivity index (χ3v) is 4.02. The van der Waals surface area contributed by atoms with E-state index < -0.39 is 0 Å². The molecule has 4 heteroatoms. The minimum absolute atomic E-state index is 0.161. The van der Waals surface area contributed by atoms with Crippen LogP contribution in [-0.2, 0) is 6.54 Å². The van der Waals surface area contributed by atoms with Gasteiger partial charge in [0.15, 0.2) is 0 Å². The first-order chi connectivity index (χ1) is 9.45. The van der Waals surface area contributed by atoms with Gasteiger partial charge < -0.3 is 5.73 Å². The summed E-state index contributed by atoms with van der Waals surface area (Å²) in [6.45, 7) is 14.7. The summed E-state index contributed by atoms with van der Waals surface area (Å²) in [4.78, 5) is 2.42. The third kappa shape index (κ3) is 4.91. The van der Waals surface area contributed by atoms with Crippen LogP contribution in [0.2, 0.25) is 0 Å². The highest BCUT2D eigenvalue weighted by Gasteiger charge is 2.20. The second-order valence-corrected chi connectivity index (χ2v) is 6.43. The Labute approximate surface area is 124 Å². The van der Waals surface area contributed by atoms with Gasteiger partial charge in [-0.15, -0.1) is 0 Å². The smallest absolute Gasteiger partial charge is 0.0764 e. The van der Waals surface area contributed by atoms with Gasteiger partial charge in [-0.25, -0.2) is 0 Å². The average Bonchev–Trinajstić information content (AvgIpc) is 2.87. The molecule has 0 bridgehead atoms. The van der Waals surface area contributed by atoms with Crippen molar-refractivity contribution in [2.75, 3.05) is 19.6 Å². The summed E-state index contributed by atoms with van der Waals surface area (Å²) in [7, 11) is 0. The van der Waals surface area contributed by atoms with Crippen LogP contribution in [0.4, 0.5) is 0 Å². The molecule has 0 aliphatic rings. The van der Waals surface area contributed by atoms with Gasteiger partial charge in [-0.3, -0.25) is 9.58 Å². The molecule has 0 saturated carbocycles. The average molecular weight is 280 g/mol. The Kier molecular flexibility index (Phi) is 6.69. The summed E-state index contributed by atoms with van der Waals surface area (Å²) in [5.74, 6) is 0. The Hall–Kier alpha value is -0.870. The summed E-state index contributed by atoms with van der Waals surface area (Å²) in [6, 6.07) is 2.68. The maximum absolute atomic E-state index is 5.84. The van der Waals surface area contributed by atoms with Gasteiger partial charge in [0.2, 0.25) is 0 Å². The van der Waals surface area contributed by atoms with Crippen molar-refractivity contribution < 1.29 is 0 Å². The molecule has 0 unspecified atom stereocenters. The molecule has 1 aromatic rings. The zero-order chi connectivity index (χ0) is 15.2. The van der Waals surface area contributed by atoms with Crippen LogP contribution < -0.4 is 5.73 Å². The lowest BCUT2D eigenvalue weighted by atomic mass is 9.93. The van der Waals surface area contributed by atoms with Crippen molar-refractivity contribution in [2.45, 2.75) is 60.0 Å². The lowest BCUT2D eigenvalue weighted by Gasteiger charge is -2.30. The van der Waals surface area contributed by atoms with Crippen LogP contribution in [0.1, 0.15) is 59.2 Å². The van der Waals surface area contributed by atoms with E-state index >= 15 is 0 Å². The summed E-state index contributed by atoms with van der Waals surface area (Å²) in [6.07, 6.45) is 4.39. The molecule has 1 aromatic heterocycles. The lowest BCUT2D eigenvalue weighted by molar-refractivity contribution is 0.181. The van der Waals surface area contributed by atoms with Crippen LogP contribution in [0.5, 0.6) is 0 Å². The summed E-state index contributed by atoms with van der Waals surface area (Å²) in [5, 5.41) is 4.74. The van der Waals surface area contributed by atoms with Gasteiger partial charge in [0.1, 0.15) is 0 Å². The first-order valence-corrected chi connectivity index (χ1v) is 7.92. The molecule has 0 amide bonds. The van der Waals surface area contributed by atoms with Crippen molar-refractivity contribution in [1.82, 2.24) is 14.7 Å². The minimum Gasteiger partial charge on any atom is -0.330 e. The van der Waals surface area contributed by atoms with E-state index in [1.807, 2.05) is 0 Å². The van der Waals surface area contributed by atoms with E-state index in [0.717, 1.165) is 38.2 Å². The molecule has 0 aromatic carbocycles. The number of nitrogens with two attached hydrogens (primary N) is 1. The monoisotopic (exact) mass is 280 g/mol. The Morgan fingerprint density at radius 1 is 1.30 bits per heavy atom. The van der Waals surface area contributed by atoms with Crippen molar-refractivity contribution in [3.63, 3.8) is 0 Å². The normalized spacial score (nSPS) is 12.6. The zero-order valence-electron chi connectivity index (χ0n) is 13.9. The molecule has 0 atom stereocenters. The molecule has 0 saturated heterocycles. The highest BCUT2D eigenvalue weighted by atomic mass is 15.3. The largest absolute Gasteiger partial charge is 0.330 e. The quantitative estimate of drug-likeness (QED) is 0.756. The first kappa shape index (κ1) is 17.2. The lowest BCUT2D eigenvalue weighted by Crippen LogP contribution is -2.38. The summed E-state index contributed by atoms with van der Waals surface area (Å²) < 4.78 is 2.12. The van der Waals surface area contributed by atoms with Gasteiger partial charge in [-0.05, 0) is 37.4 Å². The molecule has 4 nitrogen and oxygen atoms in total. The van der Waals surface area contributed by atoms with Gasteiger partial charge in [0.25, 0.3) is 0 Å². The SMILES string of the molecule is CCC(CC)n1ccc(CN(CC)CC(C)(C)CN)n1. The molecule has 0 aliphatic heterocycles. The highest BCUT2D eigenvalue weighted by Crippen LogP contribution is 2.18. The van der Waals surface area contributed by atoms with Crippen molar-refractivity contribution in [3.05, 3.63) is 18.0 Å². The predicted octanol–water partition coefficient (Wildman–Crippen LogP) is 3.05. The Morgan fingerprint density at radius 2 is 1.95 bits per heavy atom. The minimum atomic E-state index is 0.161. The molecule has 0 spiro atoms. The van der Waals surface area contributed by atoms with Gasteiger partial charge >= 0.3 is 0 Å². The molecule has 2 N–H and O–H groups in total. The van der Waals surface area contributed by atoms with Gasteiger partial charge in [-0.1, -0.05) is 34.6 Å². The number of rotatable bonds is 9. The highest BCUT2D eigenvalue weighted by molar-refractivity contribution is 5.00. The Bertz CT molecular complexity index is 380. The Balaban J connectivity index is 2.66. The molecular weight excluding hydrogens is 248 g/mol. The van der Waals surface area contributed by atoms with Crippen LogP contribution in [0.15, 0.2) is 12.3 Å². The third-order valence-electron chi connectivity index (χ3n) is 4.02. The van der Waals surface area contributed by atoms with Crippen LogP contribution in [0, 0.1) is 5.41 Å². The second kappa shape index (κ2) is 7.79. The van der Waals surface area contributed by atoms with E-state index in [2.05, 4.69) is 56.5 Å². The summed E-state index contributed by atoms with van der Waals surface area (Å²) in [5.41, 5.74) is 7.16. The van der Waals surface area contributed by atoms with E-state index in [1.165, 1.54) is 0 Å². The molecule has 1 rings (SSSR count). The van der Waals surface area contributed by atoms with Crippen molar-refractivity contribution in [3.8, 4) is 0 Å². The van der Waals surface area contributed by atoms with E-state index in [-0.39, 0.29) is 5.41 Å². The van der Waals surface area contributed by atoms with Gasteiger partial charge in [0, 0.05) is 19.3 Å². The second-order valence-electron chi connectivity index (χ2n) is 6.43. The molecule has 116 valence electrons. The molecular formula is C16H32N4. The molecule has 0 radical (unpaired) electrons. The zero-order valence-corrected chi connectivity index (χ0v) is 13.9. The predicted molar refractivity (Wildman–Crippen MR) is 85.6 cm³/mol. The van der Waals surface area contributed by atoms with Crippen LogP contribution in [0.25, 0.3) is 0 Å². The fourth-order valence-electron chi connectivity index (χ4n) is 2.51. The summed E-state index contributed by atoms with van der Waals surface area (Å²) >= 11 is 0. The number of aromatic nitrogens is 2. The fourth-order valence-corrected chi connectivity index (χ4v) is 2.51. The van der Waals surface area contributed by atoms with Gasteiger partial charge in [0.05, 0.1) is 11.7 Å². The van der Waals surface area contributed by atoms with Crippen LogP contribution in [-0.4, -0.2) is 34.3 Å². The van der Waals surface area contributed by atoms with Gasteiger partial charge in [-0.2, -0.15) is 5.10 Å². The topological polar surface area (TPSA) is 47.1 Å². The van der Waals surface area contributed by atoms with E-state index in [9.17, 15) is 0 Å². The van der Waals surface area contributed by atoms with E-state index in [4.69, 9.17) is 10.8 Å². The first-order valence-electron chi connectivity index (χ1n) is 7.92. The van der Waals surface area contributed by atoms with Crippen molar-refractivity contribution in [1.29, 1.82) is 0 Å². The molecule has 0 aliphatic carbocycles. The Morgan fingerprint density at radius 3 is 2.45 bits per heavy atom. The van der Waals surface area contributed by atoms with Crippen molar-refractivity contribution in [2.24, 2.45) is 11.1 Å². The van der Waals surface area contributed by atoms with E-state index in [1.54, 1.807) is 0 Å². The standard InChI is InChI=1S/C16H32N4/c1-6-15(7-2)20-10-9-14(18-20)11-19(8-3)13-16(4,5)12-17/h9-10,15H,6-8,11-13,17H2,1-5H3. The fraction of sp³-hybridized carbons (Fsp3) is 0.812. The molecule has 20 heavy (non-hydrogen) atoms. The van der Waals surface area contributed by atoms with E-state index in [0.29, 0.717) is 12.6 Å². The molecule has 1 heterocycles. The molecule has 0 fully saturated rings. The number of hydrogen-bond donors (Lipinski definition) is 1. The van der Waals surface area contributed by atoms with Crippen LogP contribution >= 0.6 is 0 Å². The van der Waals surface area contributed by atoms with Crippen molar-refractivity contribution >= 4 is 0 Å².